The number of nitrogens with two attached hydrogens (primary N) is 1. The molecule has 2 rings (SSSR count). The number of halogens is 2. The van der Waals surface area contributed by atoms with Gasteiger partial charge in [0.25, 0.3) is 0 Å². The molecule has 0 aliphatic heterocycles. The van der Waals surface area contributed by atoms with Crippen molar-refractivity contribution in [3.63, 3.8) is 0 Å². The highest BCUT2D eigenvalue weighted by Gasteiger charge is 2.17. The first-order valence-electron chi connectivity index (χ1n) is 7.16. The van der Waals surface area contributed by atoms with E-state index in [2.05, 4.69) is 21.2 Å². The van der Waals surface area contributed by atoms with Crippen molar-refractivity contribution in [2.45, 2.75) is 26.4 Å². The Morgan fingerprint density at radius 3 is 2.50 bits per heavy atom. The van der Waals surface area contributed by atoms with E-state index in [0.717, 1.165) is 0 Å². The van der Waals surface area contributed by atoms with Crippen LogP contribution in [0.5, 0.6) is 11.5 Å². The van der Waals surface area contributed by atoms with Crippen molar-refractivity contribution in [3.05, 3.63) is 45.9 Å². The molecule has 0 aromatic heterocycles. The van der Waals surface area contributed by atoms with E-state index in [-0.39, 0.29) is 0 Å². The molecule has 0 saturated heterocycles. The highest BCUT2D eigenvalue weighted by Crippen LogP contribution is 2.35. The summed E-state index contributed by atoms with van der Waals surface area (Å²) in [5.41, 5.74) is 6.31. The maximum absolute atomic E-state index is 11.8. The van der Waals surface area contributed by atoms with Gasteiger partial charge in [-0.3, -0.25) is 5.32 Å². The molecule has 128 valence electrons. The van der Waals surface area contributed by atoms with Crippen molar-refractivity contribution >= 4 is 45.0 Å². The summed E-state index contributed by atoms with van der Waals surface area (Å²) in [6, 6.07) is 10.1. The van der Waals surface area contributed by atoms with E-state index in [4.69, 9.17) is 26.8 Å². The van der Waals surface area contributed by atoms with E-state index in [1.165, 1.54) is 0 Å². The number of anilines is 2. The lowest BCUT2D eigenvalue weighted by Gasteiger charge is -2.20. The third kappa shape index (κ3) is 5.32. The first-order valence-corrected chi connectivity index (χ1v) is 8.33. The molecular formula is C17H18BrClN2O3. The first-order chi connectivity index (χ1) is 11.1. The summed E-state index contributed by atoms with van der Waals surface area (Å²) in [5.74, 6) is 0.965. The number of nitrogens with one attached hydrogen (secondary N) is 1. The zero-order chi connectivity index (χ0) is 17.9. The van der Waals surface area contributed by atoms with Crippen LogP contribution in [-0.4, -0.2) is 11.7 Å². The summed E-state index contributed by atoms with van der Waals surface area (Å²) in [4.78, 5) is 11.8. The number of carbonyl (C=O) groups excluding carboxylic acids is 1. The second kappa shape index (κ2) is 7.32. The lowest BCUT2D eigenvalue weighted by atomic mass is 10.2. The molecule has 0 heterocycles. The molecule has 0 saturated carbocycles. The van der Waals surface area contributed by atoms with Crippen LogP contribution in [-0.2, 0) is 4.74 Å². The molecule has 0 spiro atoms. The van der Waals surface area contributed by atoms with Gasteiger partial charge < -0.3 is 15.2 Å². The van der Waals surface area contributed by atoms with Crippen LogP contribution in [0.3, 0.4) is 0 Å². The Balaban J connectivity index is 2.18. The van der Waals surface area contributed by atoms with Gasteiger partial charge in [-0.15, -0.1) is 0 Å². The fraction of sp³-hybridized carbons (Fsp3) is 0.235. The van der Waals surface area contributed by atoms with Crippen LogP contribution in [0.2, 0.25) is 5.02 Å². The Kier molecular flexibility index (Phi) is 5.62. The van der Waals surface area contributed by atoms with Crippen molar-refractivity contribution in [2.24, 2.45) is 0 Å². The number of amides is 1. The minimum Gasteiger partial charge on any atom is -0.454 e. The molecule has 0 radical (unpaired) electrons. The largest absolute Gasteiger partial charge is 0.454 e. The van der Waals surface area contributed by atoms with E-state index in [9.17, 15) is 4.79 Å². The normalized spacial score (nSPS) is 11.0. The molecule has 0 atom stereocenters. The molecule has 3 N–H and O–H groups in total. The average molecular weight is 414 g/mol. The van der Waals surface area contributed by atoms with Crippen LogP contribution in [0.15, 0.2) is 40.9 Å². The molecule has 1 amide bonds. The Hall–Kier alpha value is -1.92. The van der Waals surface area contributed by atoms with Gasteiger partial charge in [0.1, 0.15) is 11.4 Å². The predicted octanol–water partition coefficient (Wildman–Crippen LogP) is 5.82. The number of carbonyl (C=O) groups is 1. The smallest absolute Gasteiger partial charge is 0.412 e. The van der Waals surface area contributed by atoms with Crippen molar-refractivity contribution in [2.75, 3.05) is 11.1 Å². The van der Waals surface area contributed by atoms with Gasteiger partial charge in [0, 0.05) is 16.8 Å². The summed E-state index contributed by atoms with van der Waals surface area (Å²) < 4.78 is 11.7. The lowest BCUT2D eigenvalue weighted by molar-refractivity contribution is 0.0636. The molecule has 24 heavy (non-hydrogen) atoms. The third-order valence-electron chi connectivity index (χ3n) is 2.77. The van der Waals surface area contributed by atoms with Crippen LogP contribution in [0.1, 0.15) is 20.8 Å². The highest BCUT2D eigenvalue weighted by atomic mass is 79.9. The van der Waals surface area contributed by atoms with E-state index in [1.54, 1.807) is 57.2 Å². The van der Waals surface area contributed by atoms with E-state index in [0.29, 0.717) is 32.4 Å². The number of hydrogen-bond acceptors (Lipinski definition) is 4. The Bertz CT molecular complexity index is 760. The lowest BCUT2D eigenvalue weighted by Crippen LogP contribution is -2.27. The van der Waals surface area contributed by atoms with Gasteiger partial charge in [0.15, 0.2) is 5.75 Å². The van der Waals surface area contributed by atoms with Crippen molar-refractivity contribution in [1.82, 2.24) is 0 Å². The molecular weight excluding hydrogens is 396 g/mol. The maximum Gasteiger partial charge on any atom is 0.412 e. The molecule has 0 aliphatic rings. The van der Waals surface area contributed by atoms with Crippen LogP contribution in [0.25, 0.3) is 0 Å². The standard InChI is InChI=1S/C17H18BrClN2O3/c1-17(2,3)24-16(22)21-11-5-6-13(20)15(9-11)23-14-7-4-10(19)8-12(14)18/h4-9H,20H2,1-3H3,(H,21,22). The number of ether oxygens (including phenoxy) is 2. The van der Waals surface area contributed by atoms with Crippen LogP contribution >= 0.6 is 27.5 Å². The SMILES string of the molecule is CC(C)(C)OC(=O)Nc1ccc(N)c(Oc2ccc(Cl)cc2Br)c1. The van der Waals surface area contributed by atoms with E-state index < -0.39 is 11.7 Å². The van der Waals surface area contributed by atoms with Gasteiger partial charge in [-0.2, -0.15) is 0 Å². The van der Waals surface area contributed by atoms with Crippen LogP contribution in [0, 0.1) is 0 Å². The molecule has 0 unspecified atom stereocenters. The summed E-state index contributed by atoms with van der Waals surface area (Å²) in [7, 11) is 0. The summed E-state index contributed by atoms with van der Waals surface area (Å²) in [6.07, 6.45) is -0.550. The third-order valence-corrected chi connectivity index (χ3v) is 3.63. The highest BCUT2D eigenvalue weighted by molar-refractivity contribution is 9.10. The average Bonchev–Trinajstić information content (AvgIpc) is 2.43. The molecule has 0 aliphatic carbocycles. The van der Waals surface area contributed by atoms with E-state index >= 15 is 0 Å². The quantitative estimate of drug-likeness (QED) is 0.621. The Labute approximate surface area is 154 Å². The molecule has 2 aromatic rings. The predicted molar refractivity (Wildman–Crippen MR) is 99.9 cm³/mol. The summed E-state index contributed by atoms with van der Waals surface area (Å²) in [5, 5.41) is 3.23. The van der Waals surface area contributed by atoms with Crippen LogP contribution < -0.4 is 15.8 Å². The minimum atomic E-state index is -0.578. The minimum absolute atomic E-state index is 0.409. The molecule has 0 fully saturated rings. The zero-order valence-corrected chi connectivity index (χ0v) is 15.9. The number of benzene rings is 2. The van der Waals surface area contributed by atoms with E-state index in [1.807, 2.05) is 0 Å². The monoisotopic (exact) mass is 412 g/mol. The zero-order valence-electron chi connectivity index (χ0n) is 13.5. The van der Waals surface area contributed by atoms with Gasteiger partial charge in [0.2, 0.25) is 0 Å². The van der Waals surface area contributed by atoms with Crippen molar-refractivity contribution in [1.29, 1.82) is 0 Å². The van der Waals surface area contributed by atoms with Crippen LogP contribution in [0.4, 0.5) is 16.2 Å². The molecule has 7 heteroatoms. The fourth-order valence-electron chi connectivity index (χ4n) is 1.80. The van der Waals surface area contributed by atoms with Gasteiger partial charge in [-0.25, -0.2) is 4.79 Å². The topological polar surface area (TPSA) is 73.6 Å². The maximum atomic E-state index is 11.8. The molecule has 5 nitrogen and oxygen atoms in total. The molecule has 2 aromatic carbocycles. The van der Waals surface area contributed by atoms with Gasteiger partial charge in [-0.1, -0.05) is 11.6 Å². The van der Waals surface area contributed by atoms with Gasteiger partial charge in [-0.05, 0) is 67.0 Å². The fourth-order valence-corrected chi connectivity index (χ4v) is 2.56. The Morgan fingerprint density at radius 2 is 1.88 bits per heavy atom. The second-order valence-corrected chi connectivity index (χ2v) is 7.35. The molecule has 0 bridgehead atoms. The van der Waals surface area contributed by atoms with Crippen molar-refractivity contribution in [3.8, 4) is 11.5 Å². The van der Waals surface area contributed by atoms with Gasteiger partial charge >= 0.3 is 6.09 Å². The van der Waals surface area contributed by atoms with Crippen molar-refractivity contribution < 1.29 is 14.3 Å². The first kappa shape index (κ1) is 18.4. The number of hydrogen-bond donors (Lipinski definition) is 2. The summed E-state index contributed by atoms with van der Waals surface area (Å²) >= 11 is 9.30. The Morgan fingerprint density at radius 1 is 1.17 bits per heavy atom. The number of nitrogen functional groups attached to an aromatic ring is 1. The van der Waals surface area contributed by atoms with Gasteiger partial charge in [0.05, 0.1) is 10.2 Å². The number of rotatable bonds is 3. The summed E-state index contributed by atoms with van der Waals surface area (Å²) in [6.45, 7) is 5.38. The second-order valence-electron chi connectivity index (χ2n) is 6.06.